The Morgan fingerprint density at radius 2 is 1.74 bits per heavy atom. The number of ether oxygens (including phenoxy) is 3. The number of carbonyl (C=O) groups excluding carboxylic acids is 1. The van der Waals surface area contributed by atoms with E-state index in [0.717, 1.165) is 6.42 Å². The molecule has 0 heterocycles. The van der Waals surface area contributed by atoms with Crippen molar-refractivity contribution in [2.75, 3.05) is 27.9 Å². The molecule has 1 atom stereocenters. The lowest BCUT2D eigenvalue weighted by molar-refractivity contribution is 0.0949. The number of benzene rings is 1. The van der Waals surface area contributed by atoms with Crippen molar-refractivity contribution in [1.29, 1.82) is 0 Å². The molecule has 0 saturated heterocycles. The van der Waals surface area contributed by atoms with Gasteiger partial charge in [-0.15, -0.1) is 0 Å². The predicted octanol–water partition coefficient (Wildman–Crippen LogP) is 1.64. The highest BCUT2D eigenvalue weighted by Gasteiger charge is 2.17. The summed E-state index contributed by atoms with van der Waals surface area (Å²) in [6.45, 7) is 0.600. The first-order chi connectivity index (χ1) is 9.12. The second kappa shape index (κ2) is 7.76. The number of ketones is 1. The first-order valence-electron chi connectivity index (χ1n) is 6.14. The van der Waals surface area contributed by atoms with Crippen molar-refractivity contribution in [3.8, 4) is 11.5 Å². The third-order valence-corrected chi connectivity index (χ3v) is 2.84. The van der Waals surface area contributed by atoms with Crippen LogP contribution in [0.25, 0.3) is 0 Å². The van der Waals surface area contributed by atoms with Gasteiger partial charge in [-0.2, -0.15) is 0 Å². The minimum Gasteiger partial charge on any atom is -0.497 e. The van der Waals surface area contributed by atoms with Gasteiger partial charge in [-0.1, -0.05) is 0 Å². The highest BCUT2D eigenvalue weighted by molar-refractivity contribution is 6.00. The molecule has 5 nitrogen and oxygen atoms in total. The number of hydrogen-bond donors (Lipinski definition) is 1. The molecule has 0 aliphatic carbocycles. The van der Waals surface area contributed by atoms with Crippen LogP contribution in [0.2, 0.25) is 0 Å². The summed E-state index contributed by atoms with van der Waals surface area (Å²) in [4.78, 5) is 12.2. The summed E-state index contributed by atoms with van der Waals surface area (Å²) in [7, 11) is 4.71. The Labute approximate surface area is 113 Å². The Bertz CT molecular complexity index is 398. The van der Waals surface area contributed by atoms with Crippen LogP contribution in [0, 0.1) is 0 Å². The van der Waals surface area contributed by atoms with Crippen LogP contribution in [0.3, 0.4) is 0 Å². The summed E-state index contributed by atoms with van der Waals surface area (Å²) in [5.74, 6) is 1.03. The van der Waals surface area contributed by atoms with Crippen molar-refractivity contribution in [3.63, 3.8) is 0 Å². The van der Waals surface area contributed by atoms with E-state index in [1.165, 1.54) is 0 Å². The molecule has 0 aliphatic heterocycles. The highest BCUT2D eigenvalue weighted by Crippen LogP contribution is 2.23. The minimum absolute atomic E-state index is 0.117. The second-order valence-corrected chi connectivity index (χ2v) is 4.21. The zero-order chi connectivity index (χ0) is 14.3. The molecule has 106 valence electrons. The fourth-order valence-corrected chi connectivity index (χ4v) is 1.74. The lowest BCUT2D eigenvalue weighted by Gasteiger charge is -2.12. The van der Waals surface area contributed by atoms with E-state index in [9.17, 15) is 4.79 Å². The maximum absolute atomic E-state index is 12.2. The van der Waals surface area contributed by atoms with Gasteiger partial charge in [0.05, 0.1) is 20.3 Å². The van der Waals surface area contributed by atoms with Crippen molar-refractivity contribution < 1.29 is 19.0 Å². The molecule has 1 rings (SSSR count). The summed E-state index contributed by atoms with van der Waals surface area (Å²) in [6.07, 6.45) is 1.34. The Morgan fingerprint density at radius 1 is 1.16 bits per heavy atom. The van der Waals surface area contributed by atoms with E-state index < -0.39 is 6.04 Å². The van der Waals surface area contributed by atoms with Crippen LogP contribution >= 0.6 is 0 Å². The zero-order valence-corrected chi connectivity index (χ0v) is 11.6. The van der Waals surface area contributed by atoms with Crippen LogP contribution < -0.4 is 15.2 Å². The van der Waals surface area contributed by atoms with Crippen molar-refractivity contribution in [2.24, 2.45) is 5.73 Å². The van der Waals surface area contributed by atoms with Crippen LogP contribution in [0.15, 0.2) is 18.2 Å². The molecule has 0 fully saturated rings. The molecular weight excluding hydrogens is 246 g/mol. The zero-order valence-electron chi connectivity index (χ0n) is 11.6. The number of hydrogen-bond acceptors (Lipinski definition) is 5. The lowest BCUT2D eigenvalue weighted by Crippen LogP contribution is -2.30. The molecule has 2 N–H and O–H groups in total. The maximum atomic E-state index is 12.2. The Morgan fingerprint density at radius 3 is 2.21 bits per heavy atom. The lowest BCUT2D eigenvalue weighted by atomic mass is 10.0. The Hall–Kier alpha value is -1.59. The molecule has 0 amide bonds. The summed E-state index contributed by atoms with van der Waals surface area (Å²) in [5.41, 5.74) is 6.39. The average molecular weight is 267 g/mol. The SMILES string of the molecule is COCCCC(N)C(=O)c1cc(OC)cc(OC)c1. The quantitative estimate of drug-likeness (QED) is 0.572. The average Bonchev–Trinajstić information content (AvgIpc) is 2.45. The van der Waals surface area contributed by atoms with E-state index >= 15 is 0 Å². The fraction of sp³-hybridized carbons (Fsp3) is 0.500. The monoisotopic (exact) mass is 267 g/mol. The smallest absolute Gasteiger partial charge is 0.179 e. The van der Waals surface area contributed by atoms with Crippen LogP contribution in [0.1, 0.15) is 23.2 Å². The van der Waals surface area contributed by atoms with E-state index in [2.05, 4.69) is 0 Å². The summed E-state index contributed by atoms with van der Waals surface area (Å²) in [6, 6.07) is 4.52. The van der Waals surface area contributed by atoms with Gasteiger partial charge in [0.2, 0.25) is 0 Å². The normalized spacial score (nSPS) is 12.0. The minimum atomic E-state index is -0.535. The summed E-state index contributed by atoms with van der Waals surface area (Å²) >= 11 is 0. The van der Waals surface area contributed by atoms with Gasteiger partial charge in [-0.3, -0.25) is 4.79 Å². The van der Waals surface area contributed by atoms with Crippen LogP contribution in [-0.4, -0.2) is 39.8 Å². The molecule has 1 aromatic carbocycles. The number of nitrogens with two attached hydrogens (primary N) is 1. The maximum Gasteiger partial charge on any atom is 0.179 e. The highest BCUT2D eigenvalue weighted by atomic mass is 16.5. The largest absolute Gasteiger partial charge is 0.497 e. The van der Waals surface area contributed by atoms with Gasteiger partial charge in [0.15, 0.2) is 5.78 Å². The van der Waals surface area contributed by atoms with Gasteiger partial charge in [0.1, 0.15) is 11.5 Å². The van der Waals surface area contributed by atoms with E-state index in [-0.39, 0.29) is 5.78 Å². The molecular formula is C14H21NO4. The van der Waals surface area contributed by atoms with Gasteiger partial charge in [-0.25, -0.2) is 0 Å². The Kier molecular flexibility index (Phi) is 6.32. The predicted molar refractivity (Wildman–Crippen MR) is 73.0 cm³/mol. The number of methoxy groups -OCH3 is 3. The molecule has 1 unspecified atom stereocenters. The second-order valence-electron chi connectivity index (χ2n) is 4.21. The van der Waals surface area contributed by atoms with Gasteiger partial charge < -0.3 is 19.9 Å². The van der Waals surface area contributed by atoms with E-state index in [0.29, 0.717) is 30.1 Å². The molecule has 0 spiro atoms. The number of carbonyl (C=O) groups is 1. The third kappa shape index (κ3) is 4.54. The van der Waals surface area contributed by atoms with E-state index in [4.69, 9.17) is 19.9 Å². The molecule has 0 aromatic heterocycles. The van der Waals surface area contributed by atoms with Gasteiger partial charge in [-0.05, 0) is 25.0 Å². The van der Waals surface area contributed by atoms with Crippen LogP contribution in [0.5, 0.6) is 11.5 Å². The molecule has 0 saturated carbocycles. The topological polar surface area (TPSA) is 70.8 Å². The van der Waals surface area contributed by atoms with Crippen molar-refractivity contribution in [3.05, 3.63) is 23.8 Å². The van der Waals surface area contributed by atoms with Gasteiger partial charge in [0.25, 0.3) is 0 Å². The van der Waals surface area contributed by atoms with Gasteiger partial charge >= 0.3 is 0 Å². The molecule has 0 aliphatic rings. The Balaban J connectivity index is 2.80. The molecule has 0 bridgehead atoms. The molecule has 5 heteroatoms. The van der Waals surface area contributed by atoms with Crippen LogP contribution in [-0.2, 0) is 4.74 Å². The van der Waals surface area contributed by atoms with Crippen LogP contribution in [0.4, 0.5) is 0 Å². The van der Waals surface area contributed by atoms with Crippen molar-refractivity contribution in [1.82, 2.24) is 0 Å². The third-order valence-electron chi connectivity index (χ3n) is 2.84. The summed E-state index contributed by atoms with van der Waals surface area (Å²) < 4.78 is 15.2. The van der Waals surface area contributed by atoms with E-state index in [1.807, 2.05) is 0 Å². The first kappa shape index (κ1) is 15.5. The van der Waals surface area contributed by atoms with Gasteiger partial charge in [0, 0.05) is 25.3 Å². The van der Waals surface area contributed by atoms with Crippen molar-refractivity contribution in [2.45, 2.75) is 18.9 Å². The number of Topliss-reactive ketones (excluding diaryl/α,β-unsaturated/α-hetero) is 1. The molecule has 19 heavy (non-hydrogen) atoms. The fourth-order valence-electron chi connectivity index (χ4n) is 1.74. The van der Waals surface area contributed by atoms with E-state index in [1.54, 1.807) is 39.5 Å². The van der Waals surface area contributed by atoms with Crippen molar-refractivity contribution >= 4 is 5.78 Å². The first-order valence-corrected chi connectivity index (χ1v) is 6.14. The standard InChI is InChI=1S/C14H21NO4/c1-17-6-4-5-13(15)14(16)10-7-11(18-2)9-12(8-10)19-3/h7-9,13H,4-6,15H2,1-3H3. The molecule has 1 aromatic rings. The number of rotatable bonds is 8. The molecule has 0 radical (unpaired) electrons. The summed E-state index contributed by atoms with van der Waals surface area (Å²) in [5, 5.41) is 0.